The molecule has 0 amide bonds. The van der Waals surface area contributed by atoms with Crippen LogP contribution in [0.2, 0.25) is 0 Å². The largest absolute Gasteiger partial charge is 0.346 e. The summed E-state index contributed by atoms with van der Waals surface area (Å²) in [6, 6.07) is 8.59. The number of nitrogens with one attached hydrogen (secondary N) is 1. The maximum Gasteiger partial charge on any atom is 0.238 e. The average Bonchev–Trinajstić information content (AvgIpc) is 2.88. The maximum atomic E-state index is 11.4. The van der Waals surface area contributed by atoms with Crippen LogP contribution in [-0.4, -0.2) is 18.4 Å². The second-order valence-electron chi connectivity index (χ2n) is 4.86. The number of rotatable bonds is 3. The second kappa shape index (κ2) is 4.98. The van der Waals surface area contributed by atoms with Gasteiger partial charge in [0.05, 0.1) is 4.90 Å². The lowest BCUT2D eigenvalue weighted by Gasteiger charge is -2.05. The molecule has 0 aliphatic rings. The molecule has 0 spiro atoms. The van der Waals surface area contributed by atoms with Gasteiger partial charge in [0.1, 0.15) is 5.65 Å². The average molecular weight is 301 g/mol. The summed E-state index contributed by atoms with van der Waals surface area (Å²) in [6.07, 6.45) is 4.57. The molecule has 0 aliphatic heterocycles. The Morgan fingerprint density at radius 2 is 2.05 bits per heavy atom. The van der Waals surface area contributed by atoms with E-state index < -0.39 is 10.0 Å². The van der Waals surface area contributed by atoms with Crippen molar-refractivity contribution in [2.45, 2.75) is 18.2 Å². The van der Waals surface area contributed by atoms with Gasteiger partial charge in [-0.15, -0.1) is 0 Å². The number of hydrogen-bond acceptors (Lipinski definition) is 3. The molecule has 2 aromatic heterocycles. The number of aromatic amines is 1. The van der Waals surface area contributed by atoms with Crippen molar-refractivity contribution >= 4 is 21.1 Å². The summed E-state index contributed by atoms with van der Waals surface area (Å²) in [5.74, 6) is 0. The quantitative estimate of drug-likeness (QED) is 0.778. The monoisotopic (exact) mass is 301 g/mol. The molecule has 5 nitrogen and oxygen atoms in total. The fourth-order valence-corrected chi connectivity index (χ4v) is 2.92. The molecule has 0 radical (unpaired) electrons. The van der Waals surface area contributed by atoms with Crippen molar-refractivity contribution in [2.24, 2.45) is 5.14 Å². The van der Waals surface area contributed by atoms with E-state index in [0.29, 0.717) is 0 Å². The van der Waals surface area contributed by atoms with Gasteiger partial charge < -0.3 is 4.98 Å². The van der Waals surface area contributed by atoms with Crippen LogP contribution in [0.5, 0.6) is 0 Å². The zero-order valence-electron chi connectivity index (χ0n) is 11.5. The van der Waals surface area contributed by atoms with Crippen LogP contribution in [0.4, 0.5) is 0 Å². The molecule has 0 saturated carbocycles. The van der Waals surface area contributed by atoms with Crippen molar-refractivity contribution in [2.75, 3.05) is 0 Å². The van der Waals surface area contributed by atoms with E-state index in [1.165, 1.54) is 11.6 Å². The van der Waals surface area contributed by atoms with Crippen molar-refractivity contribution in [1.82, 2.24) is 9.97 Å². The van der Waals surface area contributed by atoms with E-state index in [2.05, 4.69) is 16.9 Å². The van der Waals surface area contributed by atoms with Crippen LogP contribution in [0.25, 0.3) is 22.2 Å². The standard InChI is InChI=1S/C15H15N3O2S/c1-2-10-8-17-15-14(10)7-12(9-18-15)11-4-3-5-13(6-11)21(16,19)20/h3-9H,2H2,1H3,(H,17,18)(H2,16,19,20). The van der Waals surface area contributed by atoms with Gasteiger partial charge in [-0.1, -0.05) is 19.1 Å². The van der Waals surface area contributed by atoms with Gasteiger partial charge in [-0.3, -0.25) is 0 Å². The van der Waals surface area contributed by atoms with Crippen molar-refractivity contribution in [3.8, 4) is 11.1 Å². The molecule has 0 fully saturated rings. The molecule has 2 heterocycles. The Hall–Kier alpha value is -2.18. The minimum atomic E-state index is -3.70. The van der Waals surface area contributed by atoms with E-state index in [9.17, 15) is 8.42 Å². The molecular formula is C15H15N3O2S. The van der Waals surface area contributed by atoms with Crippen LogP contribution in [0, 0.1) is 0 Å². The third kappa shape index (κ3) is 2.55. The molecule has 0 atom stereocenters. The van der Waals surface area contributed by atoms with Gasteiger partial charge >= 0.3 is 0 Å². The summed E-state index contributed by atoms with van der Waals surface area (Å²) in [5, 5.41) is 6.23. The zero-order valence-corrected chi connectivity index (χ0v) is 12.3. The smallest absolute Gasteiger partial charge is 0.238 e. The highest BCUT2D eigenvalue weighted by Gasteiger charge is 2.10. The Labute approximate surface area is 122 Å². The Balaban J connectivity index is 2.16. The van der Waals surface area contributed by atoms with E-state index in [4.69, 9.17) is 5.14 Å². The highest BCUT2D eigenvalue weighted by Crippen LogP contribution is 2.26. The summed E-state index contributed by atoms with van der Waals surface area (Å²) in [4.78, 5) is 7.61. The van der Waals surface area contributed by atoms with Crippen LogP contribution in [0.15, 0.2) is 47.6 Å². The van der Waals surface area contributed by atoms with E-state index in [1.54, 1.807) is 18.3 Å². The summed E-state index contributed by atoms with van der Waals surface area (Å²) in [6.45, 7) is 2.08. The lowest BCUT2D eigenvalue weighted by Crippen LogP contribution is -2.11. The van der Waals surface area contributed by atoms with Crippen LogP contribution < -0.4 is 5.14 Å². The molecule has 21 heavy (non-hydrogen) atoms. The number of fused-ring (bicyclic) bond motifs is 1. The Morgan fingerprint density at radius 1 is 1.24 bits per heavy atom. The molecule has 3 rings (SSSR count). The first kappa shape index (κ1) is 13.8. The Kier molecular flexibility index (Phi) is 3.27. The summed E-state index contributed by atoms with van der Waals surface area (Å²) in [7, 11) is -3.70. The van der Waals surface area contributed by atoms with E-state index in [1.807, 2.05) is 18.3 Å². The first-order chi connectivity index (χ1) is 9.99. The minimum Gasteiger partial charge on any atom is -0.346 e. The molecular weight excluding hydrogens is 286 g/mol. The number of H-pyrrole nitrogens is 1. The number of pyridine rings is 1. The number of sulfonamides is 1. The summed E-state index contributed by atoms with van der Waals surface area (Å²) >= 11 is 0. The zero-order chi connectivity index (χ0) is 15.0. The van der Waals surface area contributed by atoms with Gasteiger partial charge in [0.25, 0.3) is 0 Å². The number of nitrogens with zero attached hydrogens (tertiary/aromatic N) is 1. The predicted molar refractivity (Wildman–Crippen MR) is 82.3 cm³/mol. The maximum absolute atomic E-state index is 11.4. The molecule has 0 aliphatic carbocycles. The van der Waals surface area contributed by atoms with Crippen molar-refractivity contribution in [1.29, 1.82) is 0 Å². The van der Waals surface area contributed by atoms with E-state index in [0.717, 1.165) is 28.6 Å². The van der Waals surface area contributed by atoms with E-state index >= 15 is 0 Å². The van der Waals surface area contributed by atoms with Gasteiger partial charge in [0, 0.05) is 23.3 Å². The minimum absolute atomic E-state index is 0.102. The molecule has 6 heteroatoms. The van der Waals surface area contributed by atoms with Crippen molar-refractivity contribution in [3.63, 3.8) is 0 Å². The van der Waals surface area contributed by atoms with Crippen molar-refractivity contribution < 1.29 is 8.42 Å². The van der Waals surface area contributed by atoms with E-state index in [-0.39, 0.29) is 4.90 Å². The molecule has 108 valence electrons. The molecule has 3 aromatic rings. The predicted octanol–water partition coefficient (Wildman–Crippen LogP) is 2.44. The fourth-order valence-electron chi connectivity index (χ4n) is 2.36. The summed E-state index contributed by atoms with van der Waals surface area (Å²) in [5.41, 5.74) is 3.65. The first-order valence-corrected chi connectivity index (χ1v) is 8.13. The molecule has 0 bridgehead atoms. The van der Waals surface area contributed by atoms with Crippen LogP contribution in [0.1, 0.15) is 12.5 Å². The van der Waals surface area contributed by atoms with Gasteiger partial charge in [-0.25, -0.2) is 18.5 Å². The lowest BCUT2D eigenvalue weighted by molar-refractivity contribution is 0.598. The van der Waals surface area contributed by atoms with Crippen LogP contribution >= 0.6 is 0 Å². The number of benzene rings is 1. The van der Waals surface area contributed by atoms with Crippen LogP contribution in [0.3, 0.4) is 0 Å². The number of hydrogen-bond donors (Lipinski definition) is 2. The highest BCUT2D eigenvalue weighted by atomic mass is 32.2. The third-order valence-corrected chi connectivity index (χ3v) is 4.40. The van der Waals surface area contributed by atoms with Gasteiger partial charge in [-0.2, -0.15) is 0 Å². The number of aromatic nitrogens is 2. The van der Waals surface area contributed by atoms with Gasteiger partial charge in [0.2, 0.25) is 10.0 Å². The summed E-state index contributed by atoms with van der Waals surface area (Å²) < 4.78 is 22.9. The normalized spacial score (nSPS) is 11.9. The highest BCUT2D eigenvalue weighted by molar-refractivity contribution is 7.89. The molecule has 0 unspecified atom stereocenters. The van der Waals surface area contributed by atoms with Gasteiger partial charge in [0.15, 0.2) is 0 Å². The Bertz CT molecular complexity index is 914. The fraction of sp³-hybridized carbons (Fsp3) is 0.133. The third-order valence-electron chi connectivity index (χ3n) is 3.49. The van der Waals surface area contributed by atoms with Crippen LogP contribution in [-0.2, 0) is 16.4 Å². The molecule has 1 aromatic carbocycles. The SMILES string of the molecule is CCc1c[nH]c2ncc(-c3cccc(S(N)(=O)=O)c3)cc12. The number of primary sulfonamides is 1. The van der Waals surface area contributed by atoms with Crippen molar-refractivity contribution in [3.05, 3.63) is 48.3 Å². The Morgan fingerprint density at radius 3 is 2.76 bits per heavy atom. The number of aryl methyl sites for hydroxylation is 1. The second-order valence-corrected chi connectivity index (χ2v) is 6.42. The molecule has 0 saturated heterocycles. The lowest BCUT2D eigenvalue weighted by atomic mass is 10.1. The first-order valence-electron chi connectivity index (χ1n) is 6.58. The molecule has 3 N–H and O–H groups in total. The number of nitrogens with two attached hydrogens (primary N) is 1. The van der Waals surface area contributed by atoms with Gasteiger partial charge in [-0.05, 0) is 35.7 Å². The topological polar surface area (TPSA) is 88.8 Å².